The highest BCUT2D eigenvalue weighted by Gasteiger charge is 2.30. The molecule has 108 valence electrons. The van der Waals surface area contributed by atoms with E-state index in [2.05, 4.69) is 5.32 Å². The summed E-state index contributed by atoms with van der Waals surface area (Å²) in [7, 11) is 1.36. The van der Waals surface area contributed by atoms with Crippen LogP contribution >= 0.6 is 0 Å². The zero-order valence-electron chi connectivity index (χ0n) is 10.9. The Kier molecular flexibility index (Phi) is 4.41. The molecule has 0 fully saturated rings. The predicted octanol–water partition coefficient (Wildman–Crippen LogP) is 0.0422. The number of amides is 1. The first kappa shape index (κ1) is 14.1. The van der Waals surface area contributed by atoms with Crippen LogP contribution in [0.15, 0.2) is 24.3 Å². The molecule has 0 spiro atoms. The van der Waals surface area contributed by atoms with E-state index in [1.165, 1.54) is 7.11 Å². The van der Waals surface area contributed by atoms with Crippen LogP contribution in [0.4, 0.5) is 0 Å². The van der Waals surface area contributed by atoms with Crippen LogP contribution in [-0.4, -0.2) is 49.5 Å². The van der Waals surface area contributed by atoms with Gasteiger partial charge in [-0.25, -0.2) is 4.79 Å². The van der Waals surface area contributed by atoms with Gasteiger partial charge >= 0.3 is 5.97 Å². The molecule has 1 aliphatic heterocycles. The Hall–Kier alpha value is -2.28. The number of carbonyl (C=O) groups excluding carboxylic acids is 1. The number of hydrogen-bond donors (Lipinski definition) is 2. The quantitative estimate of drug-likeness (QED) is 0.791. The van der Waals surface area contributed by atoms with E-state index in [1.54, 1.807) is 24.3 Å². The van der Waals surface area contributed by atoms with Crippen LogP contribution < -0.4 is 14.8 Å². The summed E-state index contributed by atoms with van der Waals surface area (Å²) in [5.74, 6) is -0.706. The van der Waals surface area contributed by atoms with Crippen LogP contribution in [0.2, 0.25) is 0 Å². The van der Waals surface area contributed by atoms with E-state index < -0.39 is 24.0 Å². The lowest BCUT2D eigenvalue weighted by Gasteiger charge is -2.26. The van der Waals surface area contributed by atoms with Gasteiger partial charge in [0.05, 0.1) is 6.61 Å². The first-order chi connectivity index (χ1) is 9.61. The van der Waals surface area contributed by atoms with Gasteiger partial charge in [0.25, 0.3) is 5.91 Å². The number of fused-ring (bicyclic) bond motifs is 1. The summed E-state index contributed by atoms with van der Waals surface area (Å²) in [6.07, 6.45) is -0.886. The number of ether oxygens (including phenoxy) is 3. The molecular weight excluding hydrogens is 266 g/mol. The van der Waals surface area contributed by atoms with Gasteiger partial charge in [0.2, 0.25) is 6.10 Å². The minimum absolute atomic E-state index is 0.0299. The zero-order valence-corrected chi connectivity index (χ0v) is 10.9. The number of aliphatic carboxylic acids is 1. The highest BCUT2D eigenvalue weighted by atomic mass is 16.6. The monoisotopic (exact) mass is 281 g/mol. The fourth-order valence-electron chi connectivity index (χ4n) is 1.75. The average molecular weight is 281 g/mol. The molecule has 7 nitrogen and oxygen atoms in total. The largest absolute Gasteiger partial charge is 0.485 e. The molecule has 1 amide bonds. The SMILES string of the molecule is COCC(NC(=O)C1COc2ccccc2O1)C(=O)O. The Balaban J connectivity index is 1.99. The highest BCUT2D eigenvalue weighted by Crippen LogP contribution is 2.30. The predicted molar refractivity (Wildman–Crippen MR) is 67.8 cm³/mol. The zero-order chi connectivity index (χ0) is 14.5. The summed E-state index contributed by atoms with van der Waals surface area (Å²) in [6, 6.07) is 5.84. The third-order valence-corrected chi connectivity index (χ3v) is 2.75. The van der Waals surface area contributed by atoms with Crippen molar-refractivity contribution < 1.29 is 28.9 Å². The molecule has 0 aromatic heterocycles. The number of methoxy groups -OCH3 is 1. The first-order valence-electron chi connectivity index (χ1n) is 6.02. The smallest absolute Gasteiger partial charge is 0.328 e. The number of carbonyl (C=O) groups is 2. The maximum atomic E-state index is 12.0. The summed E-state index contributed by atoms with van der Waals surface area (Å²) in [5, 5.41) is 11.3. The standard InChI is InChI=1S/C13H15NO6/c1-18-6-8(13(16)17)14-12(15)11-7-19-9-4-2-3-5-10(9)20-11/h2-5,8,11H,6-7H2,1H3,(H,14,15)(H,16,17). The second-order valence-electron chi connectivity index (χ2n) is 4.22. The van der Waals surface area contributed by atoms with Gasteiger partial charge in [-0.05, 0) is 12.1 Å². The lowest BCUT2D eigenvalue weighted by molar-refractivity contribution is -0.145. The van der Waals surface area contributed by atoms with Gasteiger partial charge in [0.1, 0.15) is 6.61 Å². The Morgan fingerprint density at radius 1 is 1.45 bits per heavy atom. The van der Waals surface area contributed by atoms with Gasteiger partial charge in [-0.2, -0.15) is 0 Å². The second-order valence-corrected chi connectivity index (χ2v) is 4.22. The van der Waals surface area contributed by atoms with Crippen LogP contribution in [0.3, 0.4) is 0 Å². The highest BCUT2D eigenvalue weighted by molar-refractivity contribution is 5.87. The van der Waals surface area contributed by atoms with Crippen LogP contribution in [0.1, 0.15) is 0 Å². The van der Waals surface area contributed by atoms with E-state index in [4.69, 9.17) is 19.3 Å². The fourth-order valence-corrected chi connectivity index (χ4v) is 1.75. The Labute approximate surface area is 115 Å². The van der Waals surface area contributed by atoms with Gasteiger partial charge in [-0.3, -0.25) is 4.79 Å². The number of nitrogens with one attached hydrogen (secondary N) is 1. The van der Waals surface area contributed by atoms with Gasteiger partial charge in [-0.15, -0.1) is 0 Å². The van der Waals surface area contributed by atoms with E-state index in [9.17, 15) is 9.59 Å². The van der Waals surface area contributed by atoms with Crippen LogP contribution in [0.25, 0.3) is 0 Å². The maximum Gasteiger partial charge on any atom is 0.328 e. The van der Waals surface area contributed by atoms with Gasteiger partial charge in [-0.1, -0.05) is 12.1 Å². The Morgan fingerprint density at radius 3 is 2.80 bits per heavy atom. The van der Waals surface area contributed by atoms with Crippen molar-refractivity contribution in [3.05, 3.63) is 24.3 Å². The summed E-state index contributed by atoms with van der Waals surface area (Å²) < 4.78 is 15.6. The molecule has 1 aromatic rings. The Bertz CT molecular complexity index is 503. The van der Waals surface area contributed by atoms with Gasteiger partial charge in [0, 0.05) is 7.11 Å². The fraction of sp³-hybridized carbons (Fsp3) is 0.385. The van der Waals surface area contributed by atoms with Gasteiger partial charge < -0.3 is 24.6 Å². The third kappa shape index (κ3) is 3.18. The van der Waals surface area contributed by atoms with Gasteiger partial charge in [0.15, 0.2) is 17.5 Å². The number of rotatable bonds is 5. The molecule has 0 bridgehead atoms. The van der Waals surface area contributed by atoms with Crippen molar-refractivity contribution in [3.8, 4) is 11.5 Å². The molecule has 2 unspecified atom stereocenters. The van der Waals surface area contributed by atoms with Crippen LogP contribution in [0.5, 0.6) is 11.5 Å². The number of para-hydroxylation sites is 2. The van der Waals surface area contributed by atoms with Crippen molar-refractivity contribution in [2.45, 2.75) is 12.1 Å². The lowest BCUT2D eigenvalue weighted by atomic mass is 10.2. The number of benzene rings is 1. The third-order valence-electron chi connectivity index (χ3n) is 2.75. The van der Waals surface area contributed by atoms with E-state index in [0.717, 1.165) is 0 Å². The molecule has 1 heterocycles. The number of carboxylic acid groups (broad SMARTS) is 1. The molecule has 2 N–H and O–H groups in total. The molecule has 0 aliphatic carbocycles. The summed E-state index contributed by atoms with van der Waals surface area (Å²) in [4.78, 5) is 22.9. The number of carboxylic acids is 1. The molecule has 7 heteroatoms. The van der Waals surface area contributed by atoms with E-state index in [0.29, 0.717) is 11.5 Å². The maximum absolute atomic E-state index is 12.0. The minimum Gasteiger partial charge on any atom is -0.485 e. The topological polar surface area (TPSA) is 94.1 Å². The lowest BCUT2D eigenvalue weighted by Crippen LogP contribution is -2.51. The van der Waals surface area contributed by atoms with Crippen molar-refractivity contribution in [3.63, 3.8) is 0 Å². The summed E-state index contributed by atoms with van der Waals surface area (Å²) >= 11 is 0. The van der Waals surface area contributed by atoms with Crippen molar-refractivity contribution >= 4 is 11.9 Å². The minimum atomic E-state index is -1.17. The van der Waals surface area contributed by atoms with E-state index in [-0.39, 0.29) is 13.2 Å². The van der Waals surface area contributed by atoms with E-state index >= 15 is 0 Å². The normalized spacial score (nSPS) is 18.1. The molecule has 2 rings (SSSR count). The summed E-state index contributed by atoms with van der Waals surface area (Å²) in [5.41, 5.74) is 0. The first-order valence-corrected chi connectivity index (χ1v) is 6.02. The molecule has 2 atom stereocenters. The van der Waals surface area contributed by atoms with Crippen LogP contribution in [-0.2, 0) is 14.3 Å². The molecule has 1 aromatic carbocycles. The molecule has 0 saturated carbocycles. The second kappa shape index (κ2) is 6.25. The van der Waals surface area contributed by atoms with E-state index in [1.807, 2.05) is 0 Å². The number of hydrogen-bond acceptors (Lipinski definition) is 5. The average Bonchev–Trinajstić information content (AvgIpc) is 2.46. The Morgan fingerprint density at radius 2 is 2.15 bits per heavy atom. The van der Waals surface area contributed by atoms with Crippen molar-refractivity contribution in [2.24, 2.45) is 0 Å². The molecule has 1 aliphatic rings. The molecule has 0 radical (unpaired) electrons. The molecule has 0 saturated heterocycles. The van der Waals surface area contributed by atoms with Crippen molar-refractivity contribution in [1.82, 2.24) is 5.32 Å². The molecule has 20 heavy (non-hydrogen) atoms. The molecular formula is C13H15NO6. The van der Waals surface area contributed by atoms with Crippen molar-refractivity contribution in [2.75, 3.05) is 20.3 Å². The van der Waals surface area contributed by atoms with Crippen molar-refractivity contribution in [1.29, 1.82) is 0 Å². The van der Waals surface area contributed by atoms with Crippen LogP contribution in [0, 0.1) is 0 Å². The summed E-state index contributed by atoms with van der Waals surface area (Å²) in [6.45, 7) is -0.0899.